The first-order chi connectivity index (χ1) is 14.6. The molecule has 12 heteroatoms. The van der Waals surface area contributed by atoms with E-state index >= 15 is 0 Å². The Hall–Kier alpha value is -1.24. The van der Waals surface area contributed by atoms with E-state index in [0.29, 0.717) is 34.9 Å². The predicted molar refractivity (Wildman–Crippen MR) is 127 cm³/mol. The number of rotatable bonds is 10. The van der Waals surface area contributed by atoms with Gasteiger partial charge in [-0.2, -0.15) is 23.5 Å². The third kappa shape index (κ3) is 6.89. The summed E-state index contributed by atoms with van der Waals surface area (Å²) >= 11 is 6.23. The van der Waals surface area contributed by atoms with Gasteiger partial charge in [0.15, 0.2) is 0 Å². The van der Waals surface area contributed by atoms with Crippen LogP contribution in [0.2, 0.25) is 0 Å². The Labute approximate surface area is 192 Å². The molecule has 0 saturated heterocycles. The van der Waals surface area contributed by atoms with Crippen molar-refractivity contribution in [2.45, 2.75) is 50.4 Å². The normalized spacial score (nSPS) is 18.9. The number of thioether (sulfide) groups is 2. The number of anilines is 2. The fraction of sp³-hybridized carbons (Fsp3) is 0.667. The molecular weight excluding hydrogens is 461 g/mol. The van der Waals surface area contributed by atoms with Gasteiger partial charge >= 0.3 is 0 Å². The molecular formula is C18H26N6O2S4. The minimum atomic E-state index is -0.0189. The zero-order chi connectivity index (χ0) is 21.3. The van der Waals surface area contributed by atoms with Crippen LogP contribution in [-0.4, -0.2) is 56.2 Å². The Bertz CT molecular complexity index is 776. The van der Waals surface area contributed by atoms with Crippen molar-refractivity contribution in [3.8, 4) is 0 Å². The zero-order valence-electron chi connectivity index (χ0n) is 17.0. The Morgan fingerprint density at radius 3 is 1.77 bits per heavy atom. The van der Waals surface area contributed by atoms with E-state index in [9.17, 15) is 9.59 Å². The first-order valence-electron chi connectivity index (χ1n) is 9.83. The van der Waals surface area contributed by atoms with Crippen molar-refractivity contribution in [2.75, 3.05) is 34.7 Å². The number of carbonyl (C=O) groups is 2. The van der Waals surface area contributed by atoms with Crippen molar-refractivity contribution >= 4 is 68.3 Å². The highest BCUT2D eigenvalue weighted by atomic mass is 32.2. The summed E-state index contributed by atoms with van der Waals surface area (Å²) in [6, 6.07) is 0. The van der Waals surface area contributed by atoms with Gasteiger partial charge in [0.2, 0.25) is 22.1 Å². The summed E-state index contributed by atoms with van der Waals surface area (Å²) in [5.41, 5.74) is 0. The van der Waals surface area contributed by atoms with E-state index in [-0.39, 0.29) is 11.8 Å². The summed E-state index contributed by atoms with van der Waals surface area (Å²) in [5.74, 6) is 2.17. The molecule has 1 aliphatic carbocycles. The fourth-order valence-electron chi connectivity index (χ4n) is 3.29. The van der Waals surface area contributed by atoms with Gasteiger partial charge in [-0.05, 0) is 31.8 Å². The molecule has 2 aromatic rings. The van der Waals surface area contributed by atoms with Crippen LogP contribution in [0.4, 0.5) is 10.3 Å². The van der Waals surface area contributed by atoms with Crippen LogP contribution in [-0.2, 0) is 9.59 Å². The molecule has 0 aromatic carbocycles. The lowest BCUT2D eigenvalue weighted by Crippen LogP contribution is -2.13. The summed E-state index contributed by atoms with van der Waals surface area (Å²) in [6.45, 7) is 0. The standard InChI is InChI=1S/C18H26N6O2S4/c1-27-8-6-13(25)19-17-23-21-15(29-17)11-4-3-5-12(10-11)16-22-24-18(30-16)20-14(26)7-9-28-2/h11-12H,3-10H2,1-2H3,(H,19,23,25)(H,20,24,26)/t11-,12-/m1/s1. The van der Waals surface area contributed by atoms with E-state index in [2.05, 4.69) is 31.0 Å². The van der Waals surface area contributed by atoms with Gasteiger partial charge < -0.3 is 10.6 Å². The van der Waals surface area contributed by atoms with E-state index in [4.69, 9.17) is 0 Å². The molecule has 2 aromatic heterocycles. The van der Waals surface area contributed by atoms with Gasteiger partial charge in [-0.15, -0.1) is 20.4 Å². The summed E-state index contributed by atoms with van der Waals surface area (Å²) in [4.78, 5) is 23.8. The van der Waals surface area contributed by atoms with Crippen molar-refractivity contribution < 1.29 is 9.59 Å². The smallest absolute Gasteiger partial charge is 0.227 e. The monoisotopic (exact) mass is 486 g/mol. The van der Waals surface area contributed by atoms with E-state index in [1.165, 1.54) is 22.7 Å². The van der Waals surface area contributed by atoms with Crippen molar-refractivity contribution in [2.24, 2.45) is 0 Å². The first kappa shape index (κ1) is 23.4. The van der Waals surface area contributed by atoms with Crippen molar-refractivity contribution in [1.29, 1.82) is 0 Å². The van der Waals surface area contributed by atoms with Gasteiger partial charge in [0.25, 0.3) is 0 Å². The van der Waals surface area contributed by atoms with Crippen LogP contribution in [0, 0.1) is 0 Å². The topological polar surface area (TPSA) is 110 Å². The van der Waals surface area contributed by atoms with E-state index in [1.54, 1.807) is 23.5 Å². The summed E-state index contributed by atoms with van der Waals surface area (Å²) in [6.07, 6.45) is 9.06. The number of hydrogen-bond acceptors (Lipinski definition) is 10. The van der Waals surface area contributed by atoms with E-state index < -0.39 is 0 Å². The molecule has 8 nitrogen and oxygen atoms in total. The van der Waals surface area contributed by atoms with Crippen LogP contribution >= 0.6 is 46.2 Å². The molecule has 1 saturated carbocycles. The number of amides is 2. The van der Waals surface area contributed by atoms with Crippen LogP contribution in [0.3, 0.4) is 0 Å². The molecule has 2 atom stereocenters. The summed E-state index contributed by atoms with van der Waals surface area (Å²) in [7, 11) is 0. The molecule has 0 radical (unpaired) electrons. The molecule has 2 heterocycles. The minimum Gasteiger partial charge on any atom is -0.301 e. The van der Waals surface area contributed by atoms with Gasteiger partial charge in [0.05, 0.1) is 0 Å². The maximum absolute atomic E-state index is 11.9. The van der Waals surface area contributed by atoms with Crippen molar-refractivity contribution in [3.63, 3.8) is 0 Å². The molecule has 1 aliphatic rings. The van der Waals surface area contributed by atoms with Gasteiger partial charge in [0.1, 0.15) is 10.0 Å². The third-order valence-corrected chi connectivity index (χ3v) is 8.04. The highest BCUT2D eigenvalue weighted by Gasteiger charge is 2.29. The quantitative estimate of drug-likeness (QED) is 0.514. The third-order valence-electron chi connectivity index (χ3n) is 4.81. The van der Waals surface area contributed by atoms with Crippen LogP contribution < -0.4 is 10.6 Å². The molecule has 0 unspecified atom stereocenters. The molecule has 164 valence electrons. The van der Waals surface area contributed by atoms with Crippen LogP contribution in [0.15, 0.2) is 0 Å². The SMILES string of the molecule is CSCCC(=O)Nc1nnc([C@@H]2CCC[C@@H](c3nnc(NC(=O)CCSC)s3)C2)s1. The number of nitrogens with one attached hydrogen (secondary N) is 2. The van der Waals surface area contributed by atoms with Crippen LogP contribution in [0.1, 0.15) is 60.4 Å². The number of hydrogen-bond donors (Lipinski definition) is 2. The largest absolute Gasteiger partial charge is 0.301 e. The zero-order valence-corrected chi connectivity index (χ0v) is 20.3. The second-order valence-corrected chi connectivity index (χ2v) is 11.0. The Balaban J connectivity index is 1.56. The first-order valence-corrected chi connectivity index (χ1v) is 14.3. The minimum absolute atomic E-state index is 0.0189. The summed E-state index contributed by atoms with van der Waals surface area (Å²) < 4.78 is 0. The molecule has 0 bridgehead atoms. The number of nitrogens with zero attached hydrogens (tertiary/aromatic N) is 4. The molecule has 0 spiro atoms. The van der Waals surface area contributed by atoms with E-state index in [0.717, 1.165) is 47.2 Å². The molecule has 2 N–H and O–H groups in total. The lowest BCUT2D eigenvalue weighted by atomic mass is 9.82. The maximum Gasteiger partial charge on any atom is 0.227 e. The molecule has 30 heavy (non-hydrogen) atoms. The van der Waals surface area contributed by atoms with E-state index in [1.807, 2.05) is 12.5 Å². The number of aromatic nitrogens is 4. The Morgan fingerprint density at radius 2 is 1.33 bits per heavy atom. The molecule has 0 aliphatic heterocycles. The predicted octanol–water partition coefficient (Wildman–Crippen LogP) is 4.21. The second kappa shape index (κ2) is 12.0. The maximum atomic E-state index is 11.9. The highest BCUT2D eigenvalue weighted by Crippen LogP contribution is 2.43. The van der Waals surface area contributed by atoms with Gasteiger partial charge in [-0.25, -0.2) is 0 Å². The molecule has 1 fully saturated rings. The Kier molecular flexibility index (Phi) is 9.34. The van der Waals surface area contributed by atoms with Gasteiger partial charge in [0, 0.05) is 36.2 Å². The van der Waals surface area contributed by atoms with Crippen LogP contribution in [0.25, 0.3) is 0 Å². The molecule has 2 amide bonds. The highest BCUT2D eigenvalue weighted by molar-refractivity contribution is 7.98. The number of carbonyl (C=O) groups excluding carboxylic acids is 2. The summed E-state index contributed by atoms with van der Waals surface area (Å²) in [5, 5.41) is 25.7. The Morgan fingerprint density at radius 1 is 0.867 bits per heavy atom. The van der Waals surface area contributed by atoms with Crippen molar-refractivity contribution in [3.05, 3.63) is 10.0 Å². The lowest BCUT2D eigenvalue weighted by Gasteiger charge is -2.25. The average molecular weight is 487 g/mol. The fourth-order valence-corrected chi connectivity index (χ4v) is 5.88. The van der Waals surface area contributed by atoms with Crippen LogP contribution in [0.5, 0.6) is 0 Å². The van der Waals surface area contributed by atoms with Gasteiger partial charge in [-0.3, -0.25) is 9.59 Å². The lowest BCUT2D eigenvalue weighted by molar-refractivity contribution is -0.116. The van der Waals surface area contributed by atoms with Gasteiger partial charge in [-0.1, -0.05) is 29.1 Å². The second-order valence-electron chi connectivity index (χ2n) is 7.03. The average Bonchev–Trinajstić information content (AvgIpc) is 3.40. The molecule has 3 rings (SSSR count). The van der Waals surface area contributed by atoms with Crippen molar-refractivity contribution in [1.82, 2.24) is 20.4 Å².